The highest BCUT2D eigenvalue weighted by Crippen LogP contribution is 2.23. The number of anilines is 1. The van der Waals surface area contributed by atoms with Gasteiger partial charge in [0.25, 0.3) is 11.6 Å². The molecule has 0 aliphatic rings. The highest BCUT2D eigenvalue weighted by molar-refractivity contribution is 7.98. The molecular formula is C19H23N7O4S. The molecule has 11 nitrogen and oxygen atoms in total. The van der Waals surface area contributed by atoms with E-state index in [1.807, 2.05) is 6.26 Å². The zero-order valence-corrected chi connectivity index (χ0v) is 18.2. The molecule has 3 rings (SSSR count). The Morgan fingerprint density at radius 3 is 2.84 bits per heavy atom. The molecule has 1 aromatic carbocycles. The predicted octanol–water partition coefficient (Wildman–Crippen LogP) is 2.25. The molecule has 0 fully saturated rings. The topological polar surface area (TPSA) is 137 Å². The smallest absolute Gasteiger partial charge is 0.273 e. The number of nitro groups is 1. The molecule has 0 atom stereocenters. The maximum atomic E-state index is 12.5. The Labute approximate surface area is 182 Å². The van der Waals surface area contributed by atoms with Gasteiger partial charge in [0.2, 0.25) is 0 Å². The lowest BCUT2D eigenvalue weighted by Crippen LogP contribution is -2.28. The molecule has 0 aliphatic carbocycles. The van der Waals surface area contributed by atoms with Crippen molar-refractivity contribution < 1.29 is 14.5 Å². The number of methoxy groups -OCH3 is 1. The van der Waals surface area contributed by atoms with E-state index in [9.17, 15) is 14.9 Å². The summed E-state index contributed by atoms with van der Waals surface area (Å²) in [5.41, 5.74) is 1.18. The molecule has 0 bridgehead atoms. The average Bonchev–Trinajstić information content (AvgIpc) is 3.16. The predicted molar refractivity (Wildman–Crippen MR) is 118 cm³/mol. The van der Waals surface area contributed by atoms with Crippen LogP contribution < -0.4 is 10.6 Å². The third-order valence-electron chi connectivity index (χ3n) is 4.61. The molecular weight excluding hydrogens is 422 g/mol. The van der Waals surface area contributed by atoms with Crippen LogP contribution in [0.15, 0.2) is 29.6 Å². The minimum absolute atomic E-state index is 0.0829. The van der Waals surface area contributed by atoms with E-state index in [1.54, 1.807) is 31.0 Å². The van der Waals surface area contributed by atoms with E-state index in [2.05, 4.69) is 25.7 Å². The first kappa shape index (κ1) is 22.4. The SMILES string of the molecule is COCCNc1nc(SC)nc2c1cnn2CCNC(=O)c1cccc([N+](=O)[O-])c1C. The quantitative estimate of drug-likeness (QED) is 0.158. The number of nitro benzene ring substituents is 1. The van der Waals surface area contributed by atoms with Gasteiger partial charge in [-0.05, 0) is 19.2 Å². The third-order valence-corrected chi connectivity index (χ3v) is 5.16. The number of hydrogen-bond acceptors (Lipinski definition) is 9. The molecule has 3 aromatic rings. The van der Waals surface area contributed by atoms with E-state index in [-0.39, 0.29) is 23.7 Å². The van der Waals surface area contributed by atoms with Gasteiger partial charge in [0.05, 0.1) is 29.7 Å². The summed E-state index contributed by atoms with van der Waals surface area (Å²) in [6.45, 7) is 3.36. The van der Waals surface area contributed by atoms with E-state index in [1.165, 1.54) is 23.9 Å². The Hall–Kier alpha value is -3.25. The van der Waals surface area contributed by atoms with Crippen molar-refractivity contribution >= 4 is 40.2 Å². The van der Waals surface area contributed by atoms with Gasteiger partial charge in [-0.2, -0.15) is 5.10 Å². The molecule has 0 saturated heterocycles. The minimum atomic E-state index is -0.497. The van der Waals surface area contributed by atoms with Gasteiger partial charge in [-0.15, -0.1) is 0 Å². The molecule has 12 heteroatoms. The maximum absolute atomic E-state index is 12.5. The van der Waals surface area contributed by atoms with Crippen LogP contribution in [0.1, 0.15) is 15.9 Å². The number of carbonyl (C=O) groups is 1. The molecule has 31 heavy (non-hydrogen) atoms. The van der Waals surface area contributed by atoms with Crippen LogP contribution in [0, 0.1) is 17.0 Å². The standard InChI is InChI=1S/C19H23N7O4S/c1-12-13(5-4-6-15(12)26(28)29)18(27)21-7-9-25-17-14(11-22-25)16(20-8-10-30-2)23-19(24-17)31-3/h4-6,11H,7-10H2,1-3H3,(H,21,27)(H,20,23,24). The lowest BCUT2D eigenvalue weighted by atomic mass is 10.1. The first-order valence-electron chi connectivity index (χ1n) is 9.48. The minimum Gasteiger partial charge on any atom is -0.383 e. The second kappa shape index (κ2) is 10.2. The van der Waals surface area contributed by atoms with E-state index in [0.717, 1.165) is 5.39 Å². The van der Waals surface area contributed by atoms with Crippen molar-refractivity contribution in [2.75, 3.05) is 38.4 Å². The number of carbonyl (C=O) groups excluding carboxylic acids is 1. The van der Waals surface area contributed by atoms with E-state index < -0.39 is 4.92 Å². The van der Waals surface area contributed by atoms with Crippen molar-refractivity contribution in [3.8, 4) is 0 Å². The van der Waals surface area contributed by atoms with Crippen LogP contribution >= 0.6 is 11.8 Å². The summed E-state index contributed by atoms with van der Waals surface area (Å²) in [7, 11) is 1.63. The van der Waals surface area contributed by atoms with Crippen LogP contribution in [0.25, 0.3) is 11.0 Å². The van der Waals surface area contributed by atoms with Gasteiger partial charge in [0.15, 0.2) is 10.8 Å². The number of benzene rings is 1. The largest absolute Gasteiger partial charge is 0.383 e. The molecule has 2 aromatic heterocycles. The summed E-state index contributed by atoms with van der Waals surface area (Å²) >= 11 is 1.42. The van der Waals surface area contributed by atoms with Crippen molar-refractivity contribution in [1.82, 2.24) is 25.1 Å². The Kier molecular flexibility index (Phi) is 7.36. The van der Waals surface area contributed by atoms with Crippen molar-refractivity contribution in [2.45, 2.75) is 18.6 Å². The van der Waals surface area contributed by atoms with Crippen molar-refractivity contribution in [3.05, 3.63) is 45.6 Å². The molecule has 2 N–H and O–H groups in total. The highest BCUT2D eigenvalue weighted by Gasteiger charge is 2.18. The van der Waals surface area contributed by atoms with E-state index in [4.69, 9.17) is 4.74 Å². The molecule has 164 valence electrons. The van der Waals surface area contributed by atoms with Crippen LogP contribution in [0.5, 0.6) is 0 Å². The van der Waals surface area contributed by atoms with Crippen LogP contribution in [0.2, 0.25) is 0 Å². The third kappa shape index (κ3) is 5.09. The number of ether oxygens (including phenoxy) is 1. The molecule has 0 saturated carbocycles. The van der Waals surface area contributed by atoms with Gasteiger partial charge in [-0.3, -0.25) is 14.9 Å². The second-order valence-corrected chi connectivity index (χ2v) is 7.32. The first-order valence-corrected chi connectivity index (χ1v) is 10.7. The Morgan fingerprint density at radius 1 is 1.32 bits per heavy atom. The van der Waals surface area contributed by atoms with Gasteiger partial charge in [0.1, 0.15) is 5.82 Å². The van der Waals surface area contributed by atoms with Crippen LogP contribution in [0.4, 0.5) is 11.5 Å². The fraction of sp³-hybridized carbons (Fsp3) is 0.368. The summed E-state index contributed by atoms with van der Waals surface area (Å²) in [5.74, 6) is 0.299. The number of aromatic nitrogens is 4. The lowest BCUT2D eigenvalue weighted by Gasteiger charge is -2.10. The Balaban J connectivity index is 1.73. The summed E-state index contributed by atoms with van der Waals surface area (Å²) < 4.78 is 6.76. The van der Waals surface area contributed by atoms with Crippen molar-refractivity contribution in [1.29, 1.82) is 0 Å². The number of hydrogen-bond donors (Lipinski definition) is 2. The van der Waals surface area contributed by atoms with Crippen molar-refractivity contribution in [2.24, 2.45) is 0 Å². The van der Waals surface area contributed by atoms with Gasteiger partial charge in [-0.1, -0.05) is 17.8 Å². The van der Waals surface area contributed by atoms with Crippen LogP contribution in [-0.4, -0.2) is 63.6 Å². The molecule has 0 radical (unpaired) electrons. The summed E-state index contributed by atoms with van der Waals surface area (Å²) in [4.78, 5) is 32.1. The maximum Gasteiger partial charge on any atom is 0.273 e. The zero-order chi connectivity index (χ0) is 22.4. The average molecular weight is 446 g/mol. The summed E-state index contributed by atoms with van der Waals surface area (Å²) in [6.07, 6.45) is 3.57. The van der Waals surface area contributed by atoms with Crippen molar-refractivity contribution in [3.63, 3.8) is 0 Å². The molecule has 0 spiro atoms. The fourth-order valence-corrected chi connectivity index (χ4v) is 3.39. The fourth-order valence-electron chi connectivity index (χ4n) is 3.03. The number of nitrogens with one attached hydrogen (secondary N) is 2. The monoisotopic (exact) mass is 445 g/mol. The summed E-state index contributed by atoms with van der Waals surface area (Å²) in [6, 6.07) is 4.44. The van der Waals surface area contributed by atoms with E-state index in [0.29, 0.717) is 41.9 Å². The molecule has 2 heterocycles. The number of amides is 1. The normalized spacial score (nSPS) is 10.9. The van der Waals surface area contributed by atoms with Crippen LogP contribution in [-0.2, 0) is 11.3 Å². The molecule has 0 aliphatic heterocycles. The number of rotatable bonds is 10. The Morgan fingerprint density at radius 2 is 2.13 bits per heavy atom. The highest BCUT2D eigenvalue weighted by atomic mass is 32.2. The van der Waals surface area contributed by atoms with Gasteiger partial charge in [0, 0.05) is 37.4 Å². The van der Waals surface area contributed by atoms with Gasteiger partial charge in [-0.25, -0.2) is 14.6 Å². The van der Waals surface area contributed by atoms with E-state index >= 15 is 0 Å². The summed E-state index contributed by atoms with van der Waals surface area (Å²) in [5, 5.41) is 22.9. The second-order valence-electron chi connectivity index (χ2n) is 6.55. The van der Waals surface area contributed by atoms with Crippen LogP contribution in [0.3, 0.4) is 0 Å². The first-order chi connectivity index (χ1) is 15.0. The Bertz CT molecular complexity index is 1100. The zero-order valence-electron chi connectivity index (χ0n) is 17.4. The van der Waals surface area contributed by atoms with Gasteiger partial charge < -0.3 is 15.4 Å². The lowest BCUT2D eigenvalue weighted by molar-refractivity contribution is -0.385. The number of nitrogens with zero attached hydrogens (tertiary/aromatic N) is 5. The number of thioether (sulfide) groups is 1. The number of fused-ring (bicyclic) bond motifs is 1. The van der Waals surface area contributed by atoms with Gasteiger partial charge >= 0.3 is 0 Å². The molecule has 0 unspecified atom stereocenters. The molecule has 1 amide bonds.